The van der Waals surface area contributed by atoms with Gasteiger partial charge in [0.1, 0.15) is 0 Å². The van der Waals surface area contributed by atoms with Gasteiger partial charge in [0, 0.05) is 22.2 Å². The zero-order valence-corrected chi connectivity index (χ0v) is 10.6. The number of aromatic nitrogens is 1. The number of halogens is 8. The van der Waals surface area contributed by atoms with Crippen molar-refractivity contribution >= 4 is 22.5 Å². The van der Waals surface area contributed by atoms with Gasteiger partial charge in [-0.1, -0.05) is 17.7 Å². The Balaban J connectivity index is 2.71. The molecule has 0 aliphatic heterocycles. The quantitative estimate of drug-likeness (QED) is 0.691. The van der Waals surface area contributed by atoms with Crippen molar-refractivity contribution in [1.82, 2.24) is 4.98 Å². The summed E-state index contributed by atoms with van der Waals surface area (Å²) < 4.78 is 90.3. The van der Waals surface area contributed by atoms with E-state index in [9.17, 15) is 30.7 Å². The second-order valence-corrected chi connectivity index (χ2v) is 4.60. The molecule has 0 aliphatic carbocycles. The van der Waals surface area contributed by atoms with Gasteiger partial charge in [-0.2, -0.15) is 30.7 Å². The molecule has 2 rings (SSSR count). The Bertz CT molecular complexity index is 681. The first-order valence-corrected chi connectivity index (χ1v) is 5.73. The van der Waals surface area contributed by atoms with Crippen LogP contribution in [0.3, 0.4) is 0 Å². The van der Waals surface area contributed by atoms with Crippen LogP contribution in [0.1, 0.15) is 5.56 Å². The van der Waals surface area contributed by atoms with E-state index in [0.717, 1.165) is 18.2 Å². The maximum atomic E-state index is 13.7. The Hall–Kier alpha value is -1.57. The van der Waals surface area contributed by atoms with Crippen molar-refractivity contribution in [1.29, 1.82) is 0 Å². The van der Waals surface area contributed by atoms with Gasteiger partial charge in [0.15, 0.2) is 0 Å². The zero-order chi connectivity index (χ0) is 16.1. The predicted octanol–water partition coefficient (Wildman–Crippen LogP) is 5.18. The first-order valence-electron chi connectivity index (χ1n) is 5.35. The molecule has 0 aliphatic rings. The highest BCUT2D eigenvalue weighted by atomic mass is 35.5. The molecular formula is C12H5ClF7N. The predicted molar refractivity (Wildman–Crippen MR) is 61.6 cm³/mol. The summed E-state index contributed by atoms with van der Waals surface area (Å²) in [6.45, 7) is 0. The minimum Gasteiger partial charge on any atom is -0.256 e. The molecule has 1 heterocycles. The number of rotatable bonds is 2. The molecule has 1 nitrogen and oxygen atoms in total. The molecule has 114 valence electrons. The third-order valence-corrected chi connectivity index (χ3v) is 3.03. The van der Waals surface area contributed by atoms with E-state index in [1.165, 1.54) is 0 Å². The van der Waals surface area contributed by atoms with E-state index in [-0.39, 0.29) is 10.5 Å². The normalized spacial score (nSPS) is 13.7. The fourth-order valence-corrected chi connectivity index (χ4v) is 1.91. The van der Waals surface area contributed by atoms with Crippen LogP contribution in [0.2, 0.25) is 5.02 Å². The molecule has 0 bridgehead atoms. The summed E-state index contributed by atoms with van der Waals surface area (Å²) in [6, 6.07) is 3.52. The summed E-state index contributed by atoms with van der Waals surface area (Å²) in [6.07, 6.45) is -5.67. The van der Waals surface area contributed by atoms with Crippen LogP contribution in [0.15, 0.2) is 30.5 Å². The molecule has 0 amide bonds. The summed E-state index contributed by atoms with van der Waals surface area (Å²) >= 11 is 5.59. The first-order chi connectivity index (χ1) is 9.48. The standard InChI is InChI=1S/C12H5ClF7N/c13-6-1-2-7-8(3-4-21-9(7)5-6)10(14,15)11(16,17)12(18,19)20/h1-5H. The van der Waals surface area contributed by atoms with Gasteiger partial charge in [-0.05, 0) is 18.2 Å². The molecule has 21 heavy (non-hydrogen) atoms. The smallest absolute Gasteiger partial charge is 0.256 e. The molecule has 0 fully saturated rings. The Morgan fingerprint density at radius 3 is 2.10 bits per heavy atom. The van der Waals surface area contributed by atoms with Gasteiger partial charge in [-0.25, -0.2) is 0 Å². The van der Waals surface area contributed by atoms with Gasteiger partial charge in [0.05, 0.1) is 5.52 Å². The Labute approximate surface area is 118 Å². The van der Waals surface area contributed by atoms with Crippen LogP contribution in [0.25, 0.3) is 10.9 Å². The van der Waals surface area contributed by atoms with E-state index >= 15 is 0 Å². The summed E-state index contributed by atoms with van der Waals surface area (Å²) in [5.74, 6) is -11.7. The molecule has 0 atom stereocenters. The average molecular weight is 332 g/mol. The van der Waals surface area contributed by atoms with Crippen LogP contribution in [-0.4, -0.2) is 17.1 Å². The van der Waals surface area contributed by atoms with Crippen LogP contribution < -0.4 is 0 Å². The SMILES string of the molecule is FC(F)(F)C(F)(F)C(F)(F)c1ccnc2cc(Cl)ccc12. The molecule has 1 aromatic heterocycles. The lowest BCUT2D eigenvalue weighted by atomic mass is 9.98. The van der Waals surface area contributed by atoms with Crippen LogP contribution in [-0.2, 0) is 5.92 Å². The molecule has 9 heteroatoms. The Morgan fingerprint density at radius 2 is 1.52 bits per heavy atom. The lowest BCUT2D eigenvalue weighted by molar-refractivity contribution is -0.359. The second kappa shape index (κ2) is 4.72. The molecule has 2 aromatic rings. The maximum Gasteiger partial charge on any atom is 0.460 e. The number of fused-ring (bicyclic) bond motifs is 1. The minimum absolute atomic E-state index is 0.0815. The summed E-state index contributed by atoms with van der Waals surface area (Å²) in [5.41, 5.74) is -1.68. The van der Waals surface area contributed by atoms with Gasteiger partial charge in [-0.3, -0.25) is 4.98 Å². The van der Waals surface area contributed by atoms with Gasteiger partial charge in [-0.15, -0.1) is 0 Å². The van der Waals surface area contributed by atoms with Gasteiger partial charge in [0.2, 0.25) is 0 Å². The van der Waals surface area contributed by atoms with E-state index in [1.54, 1.807) is 0 Å². The molecule has 0 spiro atoms. The number of pyridine rings is 1. The highest BCUT2D eigenvalue weighted by Gasteiger charge is 2.73. The zero-order valence-electron chi connectivity index (χ0n) is 9.86. The van der Waals surface area contributed by atoms with E-state index in [4.69, 9.17) is 11.6 Å². The van der Waals surface area contributed by atoms with Crippen molar-refractivity contribution in [3.63, 3.8) is 0 Å². The highest BCUT2D eigenvalue weighted by Crippen LogP contribution is 2.52. The molecule has 1 aromatic carbocycles. The lowest BCUT2D eigenvalue weighted by Gasteiger charge is -2.29. The van der Waals surface area contributed by atoms with Crippen molar-refractivity contribution < 1.29 is 30.7 Å². The van der Waals surface area contributed by atoms with Crippen LogP contribution in [0.5, 0.6) is 0 Å². The molecular weight excluding hydrogens is 327 g/mol. The van der Waals surface area contributed by atoms with Gasteiger partial charge in [0.25, 0.3) is 0 Å². The molecule has 0 saturated heterocycles. The topological polar surface area (TPSA) is 12.9 Å². The van der Waals surface area contributed by atoms with Crippen LogP contribution in [0.4, 0.5) is 30.7 Å². The summed E-state index contributed by atoms with van der Waals surface area (Å²) in [7, 11) is 0. The number of nitrogens with zero attached hydrogens (tertiary/aromatic N) is 1. The third kappa shape index (κ3) is 2.41. The molecule has 0 N–H and O–H groups in total. The number of alkyl halides is 7. The maximum absolute atomic E-state index is 13.7. The van der Waals surface area contributed by atoms with Crippen molar-refractivity contribution in [3.8, 4) is 0 Å². The minimum atomic E-state index is -6.39. The summed E-state index contributed by atoms with van der Waals surface area (Å²) in [5, 5.41) is -0.450. The van der Waals surface area contributed by atoms with Crippen molar-refractivity contribution in [2.24, 2.45) is 0 Å². The van der Waals surface area contributed by atoms with E-state index in [0.29, 0.717) is 12.3 Å². The van der Waals surface area contributed by atoms with E-state index in [1.807, 2.05) is 0 Å². The number of benzene rings is 1. The lowest BCUT2D eigenvalue weighted by Crippen LogP contribution is -2.50. The molecule has 0 saturated carbocycles. The van der Waals surface area contributed by atoms with Crippen LogP contribution >= 0.6 is 11.6 Å². The van der Waals surface area contributed by atoms with Crippen molar-refractivity contribution in [2.75, 3.05) is 0 Å². The average Bonchev–Trinajstić information content (AvgIpc) is 2.36. The summed E-state index contributed by atoms with van der Waals surface area (Å²) in [4.78, 5) is 3.62. The molecule has 0 unspecified atom stereocenters. The number of hydrogen-bond donors (Lipinski definition) is 0. The van der Waals surface area contributed by atoms with E-state index < -0.39 is 29.0 Å². The van der Waals surface area contributed by atoms with E-state index in [2.05, 4.69) is 4.98 Å². The highest BCUT2D eigenvalue weighted by molar-refractivity contribution is 6.31. The monoisotopic (exact) mass is 331 g/mol. The molecule has 0 radical (unpaired) electrons. The second-order valence-electron chi connectivity index (χ2n) is 4.17. The third-order valence-electron chi connectivity index (χ3n) is 2.79. The first kappa shape index (κ1) is 15.8. The van der Waals surface area contributed by atoms with Crippen molar-refractivity contribution in [3.05, 3.63) is 41.0 Å². The fraction of sp³-hybridized carbons (Fsp3) is 0.250. The van der Waals surface area contributed by atoms with Crippen molar-refractivity contribution in [2.45, 2.75) is 18.0 Å². The van der Waals surface area contributed by atoms with Gasteiger partial charge < -0.3 is 0 Å². The largest absolute Gasteiger partial charge is 0.460 e. The van der Waals surface area contributed by atoms with Crippen LogP contribution in [0, 0.1) is 0 Å². The number of hydrogen-bond acceptors (Lipinski definition) is 1. The van der Waals surface area contributed by atoms with Gasteiger partial charge >= 0.3 is 18.0 Å². The fourth-order valence-electron chi connectivity index (χ4n) is 1.74. The Morgan fingerprint density at radius 1 is 0.905 bits per heavy atom. The Kier molecular flexibility index (Phi) is 3.56.